The number of nitrogens with zero attached hydrogens (tertiary/aromatic N) is 1. The lowest BCUT2D eigenvalue weighted by Gasteiger charge is -2.26. The van der Waals surface area contributed by atoms with Crippen molar-refractivity contribution >= 4 is 29.1 Å². The first-order valence-electron chi connectivity index (χ1n) is 8.37. The van der Waals surface area contributed by atoms with Gasteiger partial charge in [-0.05, 0) is 49.7 Å². The van der Waals surface area contributed by atoms with E-state index in [1.54, 1.807) is 43.3 Å². The van der Waals surface area contributed by atoms with Crippen LogP contribution in [0, 0.1) is 13.8 Å². The molecule has 0 fully saturated rings. The summed E-state index contributed by atoms with van der Waals surface area (Å²) >= 11 is 5.94. The van der Waals surface area contributed by atoms with Crippen LogP contribution >= 0.6 is 11.6 Å². The molecular weight excluding hydrogens is 350 g/mol. The van der Waals surface area contributed by atoms with Gasteiger partial charge in [-0.3, -0.25) is 14.5 Å². The van der Waals surface area contributed by atoms with E-state index in [0.29, 0.717) is 5.02 Å². The fourth-order valence-electron chi connectivity index (χ4n) is 2.90. The number of amides is 2. The van der Waals surface area contributed by atoms with E-state index < -0.39 is 6.04 Å². The molecule has 2 N–H and O–H groups in total. The predicted octanol–water partition coefficient (Wildman–Crippen LogP) is 3.31. The van der Waals surface area contributed by atoms with Crippen LogP contribution in [-0.4, -0.2) is 37.4 Å². The third kappa shape index (κ3) is 4.84. The van der Waals surface area contributed by atoms with Crippen LogP contribution in [0.1, 0.15) is 22.7 Å². The van der Waals surface area contributed by atoms with Gasteiger partial charge in [-0.25, -0.2) is 0 Å². The van der Waals surface area contributed by atoms with E-state index in [1.807, 2.05) is 32.0 Å². The largest absolute Gasteiger partial charge is 0.358 e. The zero-order valence-electron chi connectivity index (χ0n) is 15.5. The van der Waals surface area contributed by atoms with Crippen LogP contribution in [-0.2, 0) is 9.59 Å². The molecule has 0 aliphatic heterocycles. The summed E-state index contributed by atoms with van der Waals surface area (Å²) in [4.78, 5) is 26.6. The number of carbonyl (C=O) groups is 2. The molecule has 0 heterocycles. The smallest absolute Gasteiger partial charge is 0.241 e. The SMILES string of the molecule is CNC(=O)[C@H](c1ccc(Cl)cc1)N(C)CC(=O)Nc1c(C)cccc1C. The maximum atomic E-state index is 12.5. The zero-order chi connectivity index (χ0) is 19.3. The van der Waals surface area contributed by atoms with Gasteiger partial charge >= 0.3 is 0 Å². The Kier molecular flexibility index (Phi) is 6.77. The van der Waals surface area contributed by atoms with Crippen LogP contribution in [0.25, 0.3) is 0 Å². The number of nitrogens with one attached hydrogen (secondary N) is 2. The summed E-state index contributed by atoms with van der Waals surface area (Å²) in [5, 5.41) is 6.20. The predicted molar refractivity (Wildman–Crippen MR) is 105 cm³/mol. The quantitative estimate of drug-likeness (QED) is 0.816. The molecule has 2 aromatic rings. The molecule has 0 aromatic heterocycles. The summed E-state index contributed by atoms with van der Waals surface area (Å²) in [6, 6.07) is 12.3. The first-order valence-corrected chi connectivity index (χ1v) is 8.74. The number of carbonyl (C=O) groups excluding carboxylic acids is 2. The highest BCUT2D eigenvalue weighted by molar-refractivity contribution is 6.30. The molecule has 0 aliphatic rings. The standard InChI is InChI=1S/C20H24ClN3O2/c1-13-6-5-7-14(2)18(13)23-17(25)12-24(4)19(20(26)22-3)15-8-10-16(21)11-9-15/h5-11,19H,12H2,1-4H3,(H,22,26)(H,23,25)/t19-/m0/s1. The fraction of sp³-hybridized carbons (Fsp3) is 0.300. The molecule has 0 radical (unpaired) electrons. The summed E-state index contributed by atoms with van der Waals surface area (Å²) in [7, 11) is 3.33. The second kappa shape index (κ2) is 8.83. The highest BCUT2D eigenvalue weighted by atomic mass is 35.5. The van der Waals surface area contributed by atoms with Crippen molar-refractivity contribution in [1.82, 2.24) is 10.2 Å². The normalized spacial score (nSPS) is 11.9. The molecular formula is C20H24ClN3O2. The maximum absolute atomic E-state index is 12.5. The van der Waals surface area contributed by atoms with Crippen LogP contribution in [0.4, 0.5) is 5.69 Å². The fourth-order valence-corrected chi connectivity index (χ4v) is 3.02. The molecule has 0 unspecified atom stereocenters. The topological polar surface area (TPSA) is 61.4 Å². The summed E-state index contributed by atoms with van der Waals surface area (Å²) in [5.74, 6) is -0.359. The monoisotopic (exact) mass is 373 g/mol. The third-order valence-electron chi connectivity index (χ3n) is 4.26. The summed E-state index contributed by atoms with van der Waals surface area (Å²) in [6.45, 7) is 3.98. The lowest BCUT2D eigenvalue weighted by atomic mass is 10.0. The van der Waals surface area contributed by atoms with Crippen molar-refractivity contribution in [1.29, 1.82) is 0 Å². The number of rotatable bonds is 6. The molecule has 5 nitrogen and oxygen atoms in total. The molecule has 0 saturated carbocycles. The number of benzene rings is 2. The molecule has 0 saturated heterocycles. The van der Waals surface area contributed by atoms with Crippen molar-refractivity contribution < 1.29 is 9.59 Å². The lowest BCUT2D eigenvalue weighted by molar-refractivity contribution is -0.126. The van der Waals surface area contributed by atoms with Crippen LogP contribution in [0.5, 0.6) is 0 Å². The minimum Gasteiger partial charge on any atom is -0.358 e. The van der Waals surface area contributed by atoms with Gasteiger partial charge in [-0.2, -0.15) is 0 Å². The molecule has 2 amide bonds. The molecule has 2 rings (SSSR count). The molecule has 138 valence electrons. The van der Waals surface area contributed by atoms with Gasteiger partial charge in [0, 0.05) is 17.8 Å². The Morgan fingerprint density at radius 1 is 1.08 bits per heavy atom. The first kappa shape index (κ1) is 19.9. The van der Waals surface area contributed by atoms with E-state index in [1.165, 1.54) is 0 Å². The minimum absolute atomic E-state index is 0.0779. The number of para-hydroxylation sites is 1. The van der Waals surface area contributed by atoms with E-state index in [9.17, 15) is 9.59 Å². The minimum atomic E-state index is -0.582. The van der Waals surface area contributed by atoms with Gasteiger partial charge in [-0.15, -0.1) is 0 Å². The molecule has 0 spiro atoms. The highest BCUT2D eigenvalue weighted by Gasteiger charge is 2.26. The molecule has 1 atom stereocenters. The molecule has 6 heteroatoms. The Morgan fingerprint density at radius 3 is 2.19 bits per heavy atom. The second-order valence-electron chi connectivity index (χ2n) is 6.30. The van der Waals surface area contributed by atoms with Gasteiger partial charge in [0.2, 0.25) is 11.8 Å². The Morgan fingerprint density at radius 2 is 1.65 bits per heavy atom. The highest BCUT2D eigenvalue weighted by Crippen LogP contribution is 2.23. The van der Waals surface area contributed by atoms with Crippen molar-refractivity contribution in [3.05, 3.63) is 64.2 Å². The number of hydrogen-bond acceptors (Lipinski definition) is 3. The van der Waals surface area contributed by atoms with Gasteiger partial charge in [0.05, 0.1) is 6.54 Å². The third-order valence-corrected chi connectivity index (χ3v) is 4.51. The van der Waals surface area contributed by atoms with E-state index in [0.717, 1.165) is 22.4 Å². The number of aryl methyl sites for hydroxylation is 2. The summed E-state index contributed by atoms with van der Waals surface area (Å²) < 4.78 is 0. The molecule has 0 aliphatic carbocycles. The Bertz CT molecular complexity index is 770. The van der Waals surface area contributed by atoms with E-state index >= 15 is 0 Å². The van der Waals surface area contributed by atoms with Crippen molar-refractivity contribution in [2.45, 2.75) is 19.9 Å². The van der Waals surface area contributed by atoms with Crippen molar-refractivity contribution in [3.8, 4) is 0 Å². The van der Waals surface area contributed by atoms with E-state index in [4.69, 9.17) is 11.6 Å². The average molecular weight is 374 g/mol. The Hall–Kier alpha value is -2.37. The van der Waals surface area contributed by atoms with Crippen LogP contribution in [0.2, 0.25) is 5.02 Å². The van der Waals surface area contributed by atoms with Crippen LogP contribution in [0.15, 0.2) is 42.5 Å². The van der Waals surface area contributed by atoms with Gasteiger partial charge in [0.15, 0.2) is 0 Å². The first-order chi connectivity index (χ1) is 12.3. The van der Waals surface area contributed by atoms with Crippen LogP contribution < -0.4 is 10.6 Å². The lowest BCUT2D eigenvalue weighted by Crippen LogP contribution is -2.41. The van der Waals surface area contributed by atoms with Crippen molar-refractivity contribution in [3.63, 3.8) is 0 Å². The van der Waals surface area contributed by atoms with Crippen molar-refractivity contribution in [2.75, 3.05) is 26.0 Å². The number of anilines is 1. The molecule has 2 aromatic carbocycles. The Balaban J connectivity index is 2.16. The van der Waals surface area contributed by atoms with Gasteiger partial charge in [0.25, 0.3) is 0 Å². The Labute approximate surface area is 159 Å². The number of likely N-dealkylation sites (N-methyl/N-ethyl adjacent to an activating group) is 2. The van der Waals surface area contributed by atoms with Crippen molar-refractivity contribution in [2.24, 2.45) is 0 Å². The number of halogens is 1. The van der Waals surface area contributed by atoms with E-state index in [-0.39, 0.29) is 18.4 Å². The molecule has 26 heavy (non-hydrogen) atoms. The second-order valence-corrected chi connectivity index (χ2v) is 6.73. The average Bonchev–Trinajstić information content (AvgIpc) is 2.60. The van der Waals surface area contributed by atoms with Gasteiger partial charge < -0.3 is 10.6 Å². The maximum Gasteiger partial charge on any atom is 0.241 e. The van der Waals surface area contributed by atoms with E-state index in [2.05, 4.69) is 10.6 Å². The molecule has 0 bridgehead atoms. The van der Waals surface area contributed by atoms with Gasteiger partial charge in [-0.1, -0.05) is 41.9 Å². The summed E-state index contributed by atoms with van der Waals surface area (Å²) in [6.07, 6.45) is 0. The number of hydrogen-bond donors (Lipinski definition) is 2. The summed E-state index contributed by atoms with van der Waals surface area (Å²) in [5.41, 5.74) is 3.59. The van der Waals surface area contributed by atoms with Crippen LogP contribution in [0.3, 0.4) is 0 Å². The zero-order valence-corrected chi connectivity index (χ0v) is 16.2. The van der Waals surface area contributed by atoms with Gasteiger partial charge in [0.1, 0.15) is 6.04 Å².